The molecule has 3 aromatic heterocycles. The minimum atomic E-state index is 0.697. The molecule has 5 aromatic carbocycles. The average Bonchev–Trinajstić information content (AvgIpc) is 3.61. The first-order chi connectivity index (χ1) is 19.8. The molecular weight excluding hydrogens is 510 g/mol. The minimum absolute atomic E-state index is 0.697. The Morgan fingerprint density at radius 2 is 1.10 bits per heavy atom. The van der Waals surface area contributed by atoms with Gasteiger partial charge in [0.15, 0.2) is 5.82 Å². The van der Waals surface area contributed by atoms with E-state index in [0.717, 1.165) is 70.8 Å². The van der Waals surface area contributed by atoms with Crippen LogP contribution in [0.1, 0.15) is 0 Å². The van der Waals surface area contributed by atoms with Crippen molar-refractivity contribution in [3.05, 3.63) is 127 Å². The Labute approximate surface area is 234 Å². The van der Waals surface area contributed by atoms with Gasteiger partial charge in [0.2, 0.25) is 0 Å². The molecule has 3 heterocycles. The Balaban J connectivity index is 1.19. The number of hydrogen-bond donors (Lipinski definition) is 0. The van der Waals surface area contributed by atoms with Crippen LogP contribution in [0.15, 0.2) is 132 Å². The Morgan fingerprint density at radius 1 is 0.475 bits per heavy atom. The van der Waals surface area contributed by atoms with Crippen LogP contribution in [0, 0.1) is 0 Å². The summed E-state index contributed by atoms with van der Waals surface area (Å²) in [5, 5.41) is 3.19. The highest BCUT2D eigenvalue weighted by Crippen LogP contribution is 2.37. The van der Waals surface area contributed by atoms with Crippen LogP contribution >= 0.6 is 11.3 Å². The quantitative estimate of drug-likeness (QED) is 0.227. The lowest BCUT2D eigenvalue weighted by Gasteiger charge is -2.09. The molecule has 0 spiro atoms. The van der Waals surface area contributed by atoms with Gasteiger partial charge in [-0.3, -0.25) is 0 Å². The average molecular weight is 532 g/mol. The lowest BCUT2D eigenvalue weighted by atomic mass is 10.1. The number of fused-ring (bicyclic) bond motifs is 4. The summed E-state index contributed by atoms with van der Waals surface area (Å²) in [6, 6.07) is 43.3. The third-order valence-electron chi connectivity index (χ3n) is 7.14. The van der Waals surface area contributed by atoms with Gasteiger partial charge in [-0.15, -0.1) is 11.3 Å². The van der Waals surface area contributed by atoms with Crippen molar-refractivity contribution in [1.82, 2.24) is 15.0 Å². The lowest BCUT2D eigenvalue weighted by Crippen LogP contribution is -1.95. The number of furan rings is 1. The third kappa shape index (κ3) is 3.96. The Hall–Kier alpha value is -5.13. The first-order valence-corrected chi connectivity index (χ1v) is 13.9. The highest BCUT2D eigenvalue weighted by Gasteiger charge is 2.14. The van der Waals surface area contributed by atoms with Crippen LogP contribution in [0.25, 0.3) is 76.6 Å². The second kappa shape index (κ2) is 9.26. The predicted octanol–water partition coefficient (Wildman–Crippen LogP) is 9.65. The van der Waals surface area contributed by atoms with E-state index in [-0.39, 0.29) is 0 Å². The molecule has 0 saturated heterocycles. The van der Waals surface area contributed by atoms with E-state index in [9.17, 15) is 0 Å². The summed E-state index contributed by atoms with van der Waals surface area (Å²) in [5.41, 5.74) is 8.73. The smallest absolute Gasteiger partial charge is 0.160 e. The molecule has 5 heteroatoms. The largest absolute Gasteiger partial charge is 0.456 e. The molecule has 8 rings (SSSR count). The fourth-order valence-corrected chi connectivity index (χ4v) is 6.10. The molecule has 0 saturated carbocycles. The SMILES string of the molecule is c1ccc(-c2cc(-c3ccccc3)nc(-c3ccc(-c4nc5cc6c(cc5s4)oc4ccccc46)cc3)n2)cc1. The molecular formula is C35H21N3OS. The number of para-hydroxylation sites is 1. The van der Waals surface area contributed by atoms with Gasteiger partial charge in [0.05, 0.1) is 21.6 Å². The van der Waals surface area contributed by atoms with E-state index < -0.39 is 0 Å². The molecule has 0 amide bonds. The topological polar surface area (TPSA) is 51.8 Å². The Bertz CT molecular complexity index is 2090. The summed E-state index contributed by atoms with van der Waals surface area (Å²) >= 11 is 1.67. The summed E-state index contributed by atoms with van der Waals surface area (Å²) in [6.07, 6.45) is 0. The molecule has 0 aliphatic carbocycles. The Kier molecular flexibility index (Phi) is 5.28. The monoisotopic (exact) mass is 531 g/mol. The van der Waals surface area contributed by atoms with Crippen LogP contribution in [-0.4, -0.2) is 15.0 Å². The molecule has 0 N–H and O–H groups in total. The number of nitrogens with zero attached hydrogens (tertiary/aromatic N) is 3. The molecule has 0 bridgehead atoms. The van der Waals surface area contributed by atoms with E-state index in [4.69, 9.17) is 19.4 Å². The molecule has 0 aliphatic heterocycles. The van der Waals surface area contributed by atoms with Crippen LogP contribution in [0.5, 0.6) is 0 Å². The molecule has 0 radical (unpaired) electrons. The van der Waals surface area contributed by atoms with Crippen molar-refractivity contribution in [3.8, 4) is 44.5 Å². The lowest BCUT2D eigenvalue weighted by molar-refractivity contribution is 0.669. The fourth-order valence-electron chi connectivity index (χ4n) is 5.12. The van der Waals surface area contributed by atoms with E-state index in [1.165, 1.54) is 0 Å². The van der Waals surface area contributed by atoms with Crippen molar-refractivity contribution in [3.63, 3.8) is 0 Å². The van der Waals surface area contributed by atoms with Gasteiger partial charge in [0.25, 0.3) is 0 Å². The van der Waals surface area contributed by atoms with E-state index in [1.807, 2.05) is 54.6 Å². The van der Waals surface area contributed by atoms with E-state index in [2.05, 4.69) is 72.8 Å². The maximum absolute atomic E-state index is 6.09. The standard InChI is InChI=1S/C35H21N3OS/c1-3-9-22(10-4-1)28-20-29(23-11-5-2-6-12-23)37-34(36-28)24-15-17-25(18-16-24)35-38-30-19-27-26-13-7-8-14-31(26)39-32(27)21-33(30)40-35/h1-21H. The zero-order valence-corrected chi connectivity index (χ0v) is 22.1. The van der Waals surface area contributed by atoms with Gasteiger partial charge in [-0.2, -0.15) is 0 Å². The third-order valence-corrected chi connectivity index (χ3v) is 8.21. The van der Waals surface area contributed by atoms with Crippen molar-refractivity contribution in [2.45, 2.75) is 0 Å². The molecule has 0 fully saturated rings. The summed E-state index contributed by atoms with van der Waals surface area (Å²) in [4.78, 5) is 14.9. The molecule has 40 heavy (non-hydrogen) atoms. The number of rotatable bonds is 4. The maximum atomic E-state index is 6.09. The van der Waals surface area contributed by atoms with Crippen LogP contribution in [-0.2, 0) is 0 Å². The van der Waals surface area contributed by atoms with Crippen LogP contribution in [0.4, 0.5) is 0 Å². The first kappa shape index (κ1) is 22.8. The van der Waals surface area contributed by atoms with Crippen molar-refractivity contribution in [2.75, 3.05) is 0 Å². The highest BCUT2D eigenvalue weighted by molar-refractivity contribution is 7.21. The van der Waals surface area contributed by atoms with E-state index in [0.29, 0.717) is 5.82 Å². The van der Waals surface area contributed by atoms with Gasteiger partial charge in [-0.25, -0.2) is 15.0 Å². The zero-order chi connectivity index (χ0) is 26.5. The van der Waals surface area contributed by atoms with Crippen molar-refractivity contribution >= 4 is 43.5 Å². The van der Waals surface area contributed by atoms with E-state index in [1.54, 1.807) is 11.3 Å². The van der Waals surface area contributed by atoms with Gasteiger partial charge < -0.3 is 4.42 Å². The van der Waals surface area contributed by atoms with Gasteiger partial charge in [0.1, 0.15) is 16.2 Å². The summed E-state index contributed by atoms with van der Waals surface area (Å²) < 4.78 is 7.20. The fraction of sp³-hybridized carbons (Fsp3) is 0. The first-order valence-electron chi connectivity index (χ1n) is 13.1. The van der Waals surface area contributed by atoms with Crippen LogP contribution in [0.3, 0.4) is 0 Å². The second-order valence-electron chi connectivity index (χ2n) is 9.70. The molecule has 0 aliphatic rings. The molecule has 8 aromatic rings. The van der Waals surface area contributed by atoms with Crippen LogP contribution < -0.4 is 0 Å². The summed E-state index contributed by atoms with van der Waals surface area (Å²) in [5.74, 6) is 0.697. The van der Waals surface area contributed by atoms with Crippen LogP contribution in [0.2, 0.25) is 0 Å². The Morgan fingerprint density at radius 3 is 1.80 bits per heavy atom. The van der Waals surface area contributed by atoms with Gasteiger partial charge in [-0.1, -0.05) is 103 Å². The zero-order valence-electron chi connectivity index (χ0n) is 21.3. The predicted molar refractivity (Wildman–Crippen MR) is 164 cm³/mol. The van der Waals surface area contributed by atoms with Gasteiger partial charge in [0, 0.05) is 39.1 Å². The maximum Gasteiger partial charge on any atom is 0.160 e. The molecule has 4 nitrogen and oxygen atoms in total. The summed E-state index contributed by atoms with van der Waals surface area (Å²) in [7, 11) is 0. The number of benzene rings is 5. The number of aromatic nitrogens is 3. The van der Waals surface area contributed by atoms with Crippen molar-refractivity contribution in [2.24, 2.45) is 0 Å². The highest BCUT2D eigenvalue weighted by atomic mass is 32.1. The molecule has 0 atom stereocenters. The number of hydrogen-bond acceptors (Lipinski definition) is 5. The van der Waals surface area contributed by atoms with Crippen molar-refractivity contribution < 1.29 is 4.42 Å². The summed E-state index contributed by atoms with van der Waals surface area (Å²) in [6.45, 7) is 0. The second-order valence-corrected chi connectivity index (χ2v) is 10.7. The van der Waals surface area contributed by atoms with Gasteiger partial charge in [-0.05, 0) is 18.2 Å². The van der Waals surface area contributed by atoms with Gasteiger partial charge >= 0.3 is 0 Å². The van der Waals surface area contributed by atoms with Crippen molar-refractivity contribution in [1.29, 1.82) is 0 Å². The normalized spacial score (nSPS) is 11.5. The number of thiazole rings is 1. The minimum Gasteiger partial charge on any atom is -0.456 e. The molecule has 0 unspecified atom stereocenters. The molecule has 188 valence electrons. The van der Waals surface area contributed by atoms with E-state index >= 15 is 0 Å².